The topological polar surface area (TPSA) is 104 Å². The molecule has 2 aromatic rings. The number of thioether (sulfide) groups is 1. The largest absolute Gasteiger partial charge is 0.271 e. The number of rotatable bonds is 9. The molecule has 3 N–H and O–H groups in total. The summed E-state index contributed by atoms with van der Waals surface area (Å²) in [4.78, 5) is 24.2. The van der Waals surface area contributed by atoms with Crippen LogP contribution in [0.25, 0.3) is 0 Å². The number of hydrogen-bond acceptors (Lipinski definition) is 5. The first-order chi connectivity index (χ1) is 14.3. The number of hydrogen-bond donors (Lipinski definition) is 3. The van der Waals surface area contributed by atoms with Gasteiger partial charge in [-0.3, -0.25) is 20.4 Å². The Bertz CT molecular complexity index is 982. The van der Waals surface area contributed by atoms with Crippen molar-refractivity contribution in [3.8, 4) is 0 Å². The van der Waals surface area contributed by atoms with Crippen LogP contribution in [-0.4, -0.2) is 38.3 Å². The Kier molecular flexibility index (Phi) is 8.82. The van der Waals surface area contributed by atoms with Crippen molar-refractivity contribution in [2.45, 2.75) is 30.7 Å². The lowest BCUT2D eigenvalue weighted by Crippen LogP contribution is -2.52. The molecule has 0 aromatic heterocycles. The Morgan fingerprint density at radius 1 is 1.07 bits per heavy atom. The van der Waals surface area contributed by atoms with Gasteiger partial charge in [-0.25, -0.2) is 12.8 Å². The Balaban J connectivity index is 2.07. The lowest BCUT2D eigenvalue weighted by atomic mass is 10.1. The molecule has 0 unspecified atom stereocenters. The normalized spacial score (nSPS) is 12.2. The third kappa shape index (κ3) is 6.54. The third-order valence-electron chi connectivity index (χ3n) is 4.27. The highest BCUT2D eigenvalue weighted by atomic mass is 32.2. The molecule has 2 rings (SSSR count). The van der Waals surface area contributed by atoms with E-state index in [9.17, 15) is 22.4 Å². The van der Waals surface area contributed by atoms with Gasteiger partial charge in [-0.2, -0.15) is 16.5 Å². The van der Waals surface area contributed by atoms with Crippen LogP contribution in [0, 0.1) is 5.82 Å². The van der Waals surface area contributed by atoms with Crippen molar-refractivity contribution in [3.05, 3.63) is 65.5 Å². The maximum absolute atomic E-state index is 13.9. The van der Waals surface area contributed by atoms with Gasteiger partial charge in [0.2, 0.25) is 10.0 Å². The van der Waals surface area contributed by atoms with Crippen molar-refractivity contribution < 1.29 is 22.4 Å². The molecule has 0 saturated heterocycles. The molecule has 0 radical (unpaired) electrons. The van der Waals surface area contributed by atoms with Crippen molar-refractivity contribution in [3.63, 3.8) is 0 Å². The lowest BCUT2D eigenvalue weighted by molar-refractivity contribution is -0.123. The summed E-state index contributed by atoms with van der Waals surface area (Å²) in [7, 11) is -4.27. The zero-order valence-corrected chi connectivity index (χ0v) is 18.3. The summed E-state index contributed by atoms with van der Waals surface area (Å²) >= 11 is 1.42. The maximum atomic E-state index is 13.9. The molecule has 2 amide bonds. The predicted octanol–water partition coefficient (Wildman–Crippen LogP) is 2.25. The zero-order valence-electron chi connectivity index (χ0n) is 16.6. The minimum atomic E-state index is -4.27. The number of hydrazine groups is 1. The van der Waals surface area contributed by atoms with E-state index in [1.807, 2.05) is 13.2 Å². The third-order valence-corrected chi connectivity index (χ3v) is 6.42. The maximum Gasteiger partial charge on any atom is 0.269 e. The molecule has 0 fully saturated rings. The highest BCUT2D eigenvalue weighted by Crippen LogP contribution is 2.15. The standard InChI is InChI=1S/C20H24FN3O4S2/c1-3-14-8-10-15(11-9-14)19(25)22-23-20(26)17(12-13-29-2)24-30(27,28)18-7-5-4-6-16(18)21/h4-11,17,24H,3,12-13H2,1-2H3,(H,22,25)(H,23,26)/t17-/m0/s1. The predicted molar refractivity (Wildman–Crippen MR) is 115 cm³/mol. The van der Waals surface area contributed by atoms with Gasteiger partial charge in [0.15, 0.2) is 0 Å². The smallest absolute Gasteiger partial charge is 0.269 e. The van der Waals surface area contributed by atoms with Gasteiger partial charge in [0.1, 0.15) is 16.8 Å². The summed E-state index contributed by atoms with van der Waals surface area (Å²) in [5.41, 5.74) is 5.93. The van der Waals surface area contributed by atoms with Crippen LogP contribution in [0.4, 0.5) is 4.39 Å². The van der Waals surface area contributed by atoms with E-state index in [-0.39, 0.29) is 6.42 Å². The monoisotopic (exact) mass is 453 g/mol. The first-order valence-corrected chi connectivity index (χ1v) is 12.1. The fraction of sp³-hybridized carbons (Fsp3) is 0.300. The Morgan fingerprint density at radius 3 is 2.33 bits per heavy atom. The molecule has 0 spiro atoms. The summed E-state index contributed by atoms with van der Waals surface area (Å²) in [5.74, 6) is -1.73. The van der Waals surface area contributed by atoms with Gasteiger partial charge in [-0.05, 0) is 54.7 Å². The van der Waals surface area contributed by atoms with Crippen LogP contribution in [0.3, 0.4) is 0 Å². The van der Waals surface area contributed by atoms with E-state index in [1.165, 1.54) is 23.9 Å². The van der Waals surface area contributed by atoms with Crippen LogP contribution in [0.15, 0.2) is 53.4 Å². The molecule has 0 heterocycles. The van der Waals surface area contributed by atoms with Crippen molar-refractivity contribution in [2.24, 2.45) is 0 Å². The lowest BCUT2D eigenvalue weighted by Gasteiger charge is -2.18. The van der Waals surface area contributed by atoms with E-state index in [1.54, 1.807) is 24.3 Å². The van der Waals surface area contributed by atoms with Crippen LogP contribution in [0.1, 0.15) is 29.3 Å². The van der Waals surface area contributed by atoms with Crippen LogP contribution in [-0.2, 0) is 21.2 Å². The number of amides is 2. The van der Waals surface area contributed by atoms with Crippen molar-refractivity contribution >= 4 is 33.6 Å². The Morgan fingerprint density at radius 2 is 1.73 bits per heavy atom. The molecule has 0 aliphatic rings. The average Bonchev–Trinajstić information content (AvgIpc) is 2.74. The van der Waals surface area contributed by atoms with Gasteiger partial charge in [-0.1, -0.05) is 31.2 Å². The van der Waals surface area contributed by atoms with E-state index in [4.69, 9.17) is 0 Å². The van der Waals surface area contributed by atoms with Crippen molar-refractivity contribution in [1.29, 1.82) is 0 Å². The highest BCUT2D eigenvalue weighted by molar-refractivity contribution is 7.98. The van der Waals surface area contributed by atoms with Crippen LogP contribution in [0.5, 0.6) is 0 Å². The molecule has 0 saturated carbocycles. The molecule has 2 aromatic carbocycles. The Hall–Kier alpha value is -2.43. The van der Waals surface area contributed by atoms with E-state index >= 15 is 0 Å². The molecule has 1 atom stereocenters. The molecule has 162 valence electrons. The van der Waals surface area contributed by atoms with Crippen molar-refractivity contribution in [1.82, 2.24) is 15.6 Å². The van der Waals surface area contributed by atoms with Gasteiger partial charge in [-0.15, -0.1) is 0 Å². The molecular formula is C20H24FN3O4S2. The number of sulfonamides is 1. The first-order valence-electron chi connectivity index (χ1n) is 9.23. The molecule has 0 aliphatic heterocycles. The molecular weight excluding hydrogens is 429 g/mol. The Labute approximate surface area is 179 Å². The second-order valence-corrected chi connectivity index (χ2v) is 9.05. The molecule has 0 bridgehead atoms. The van der Waals surface area contributed by atoms with Crippen molar-refractivity contribution in [2.75, 3.05) is 12.0 Å². The van der Waals surface area contributed by atoms with E-state index in [0.717, 1.165) is 24.1 Å². The second-order valence-electron chi connectivity index (χ2n) is 6.38. The number of benzene rings is 2. The van der Waals surface area contributed by atoms with Gasteiger partial charge < -0.3 is 0 Å². The van der Waals surface area contributed by atoms with Gasteiger partial charge in [0.25, 0.3) is 11.8 Å². The van der Waals surface area contributed by atoms with Crippen LogP contribution in [0.2, 0.25) is 0 Å². The molecule has 10 heteroatoms. The highest BCUT2D eigenvalue weighted by Gasteiger charge is 2.27. The van der Waals surface area contributed by atoms with E-state index < -0.39 is 38.6 Å². The summed E-state index contributed by atoms with van der Waals surface area (Å²) < 4.78 is 41.2. The number of carbonyl (C=O) groups is 2. The minimum Gasteiger partial charge on any atom is -0.271 e. The van der Waals surface area contributed by atoms with E-state index in [0.29, 0.717) is 11.3 Å². The molecule has 0 aliphatic carbocycles. The number of nitrogens with one attached hydrogen (secondary N) is 3. The van der Waals surface area contributed by atoms with Crippen LogP contribution >= 0.6 is 11.8 Å². The molecule has 7 nitrogen and oxygen atoms in total. The first kappa shape index (κ1) is 23.8. The SMILES string of the molecule is CCc1ccc(C(=O)NNC(=O)[C@H](CCSC)NS(=O)(=O)c2ccccc2F)cc1. The number of halogens is 1. The quantitative estimate of drug-likeness (QED) is 0.505. The fourth-order valence-electron chi connectivity index (χ4n) is 2.56. The zero-order chi connectivity index (χ0) is 22.1. The van der Waals surface area contributed by atoms with Crippen LogP contribution < -0.4 is 15.6 Å². The summed E-state index contributed by atoms with van der Waals surface area (Å²) in [6.07, 6.45) is 2.79. The van der Waals surface area contributed by atoms with Gasteiger partial charge in [0.05, 0.1) is 0 Å². The fourth-order valence-corrected chi connectivity index (χ4v) is 4.34. The molecule has 30 heavy (non-hydrogen) atoms. The van der Waals surface area contributed by atoms with Gasteiger partial charge in [0, 0.05) is 5.56 Å². The van der Waals surface area contributed by atoms with E-state index in [2.05, 4.69) is 15.6 Å². The van der Waals surface area contributed by atoms with Gasteiger partial charge >= 0.3 is 0 Å². The summed E-state index contributed by atoms with van der Waals surface area (Å²) in [6.45, 7) is 1.99. The second kappa shape index (κ2) is 11.1. The summed E-state index contributed by atoms with van der Waals surface area (Å²) in [5, 5.41) is 0. The summed E-state index contributed by atoms with van der Waals surface area (Å²) in [6, 6.07) is 10.6. The number of aryl methyl sites for hydroxylation is 1. The number of carbonyl (C=O) groups excluding carboxylic acids is 2. The minimum absolute atomic E-state index is 0.155. The average molecular weight is 454 g/mol.